The molecule has 2 unspecified atom stereocenters. The van der Waals surface area contributed by atoms with Crippen molar-refractivity contribution in [2.45, 2.75) is 30.9 Å². The Kier molecular flexibility index (Phi) is 5.57. The van der Waals surface area contributed by atoms with Gasteiger partial charge in [0, 0.05) is 0 Å². The first-order valence-electron chi connectivity index (χ1n) is 7.34. The van der Waals surface area contributed by atoms with Gasteiger partial charge in [-0.25, -0.2) is 0 Å². The second kappa shape index (κ2) is 7.13. The van der Waals surface area contributed by atoms with Crippen molar-refractivity contribution in [1.82, 2.24) is 0 Å². The molecule has 0 bridgehead atoms. The summed E-state index contributed by atoms with van der Waals surface area (Å²) in [7, 11) is 0. The Bertz CT molecular complexity index is 665. The van der Waals surface area contributed by atoms with Crippen LogP contribution in [-0.4, -0.2) is 23.6 Å². The average molecular weight is 405 g/mol. The fourth-order valence-electron chi connectivity index (χ4n) is 3.35. The predicted molar refractivity (Wildman–Crippen MR) is 89.7 cm³/mol. The number of halogens is 4. The Morgan fingerprint density at radius 2 is 1.92 bits per heavy atom. The molecule has 2 aliphatic rings. The lowest BCUT2D eigenvalue weighted by Gasteiger charge is -2.35. The van der Waals surface area contributed by atoms with Crippen molar-refractivity contribution in [3.05, 3.63) is 56.4 Å². The molecule has 0 radical (unpaired) electrons. The first kappa shape index (κ1) is 18.8. The first-order valence-corrected chi connectivity index (χ1v) is 8.26. The number of allylic oxidation sites excluding steroid dienone is 3. The lowest BCUT2D eigenvalue weighted by molar-refractivity contribution is -0.172. The average Bonchev–Trinajstić information content (AvgIpc) is 2.48. The maximum Gasteiger partial charge on any atom is 0.395 e. The van der Waals surface area contributed by atoms with E-state index in [-0.39, 0.29) is 12.1 Å². The molecule has 0 saturated heterocycles. The Balaban J connectivity index is 2.59. The van der Waals surface area contributed by atoms with Gasteiger partial charge >= 0.3 is 6.18 Å². The zero-order chi connectivity index (χ0) is 18.1. The van der Waals surface area contributed by atoms with Gasteiger partial charge in [0.05, 0.1) is 10.7 Å². The normalized spacial score (nSPS) is 30.8. The van der Waals surface area contributed by atoms with E-state index in [1.807, 2.05) is 0 Å². The maximum atomic E-state index is 13.4. The molecule has 130 valence electrons. The standard InChI is InChI=1S/C16H16BrF3N2O2/c1-8-3-5-11(9(2)14(8)16(18,19)20)13-10(7-21-23)4-6-12(17)15(13)22-24/h3-6,9,12,14-15H,7H2,1-2H3/t9?,12-,14+,15?/m0/s1. The molecule has 2 rings (SSSR count). The maximum absolute atomic E-state index is 13.4. The van der Waals surface area contributed by atoms with Gasteiger partial charge in [0.2, 0.25) is 0 Å². The lowest BCUT2D eigenvalue weighted by atomic mass is 9.72. The van der Waals surface area contributed by atoms with Crippen LogP contribution >= 0.6 is 15.9 Å². The number of rotatable bonds is 4. The molecular weight excluding hydrogens is 389 g/mol. The molecule has 0 aromatic rings. The summed E-state index contributed by atoms with van der Waals surface area (Å²) in [5, 5.41) is 5.89. The minimum Gasteiger partial charge on any atom is -0.170 e. The van der Waals surface area contributed by atoms with Gasteiger partial charge in [-0.3, -0.25) is 0 Å². The minimum absolute atomic E-state index is 0.215. The molecule has 0 N–H and O–H groups in total. The van der Waals surface area contributed by atoms with Crippen LogP contribution in [0.4, 0.5) is 13.2 Å². The second-order valence-electron chi connectivity index (χ2n) is 5.92. The third-order valence-electron chi connectivity index (χ3n) is 4.44. The number of hydrogen-bond donors (Lipinski definition) is 0. The molecule has 8 heteroatoms. The van der Waals surface area contributed by atoms with E-state index >= 15 is 0 Å². The molecule has 0 fully saturated rings. The molecule has 0 aromatic heterocycles. The van der Waals surface area contributed by atoms with Gasteiger partial charge in [0.25, 0.3) is 0 Å². The molecule has 0 aliphatic heterocycles. The fourth-order valence-corrected chi connectivity index (χ4v) is 3.87. The van der Waals surface area contributed by atoms with Crippen molar-refractivity contribution in [2.24, 2.45) is 22.2 Å². The van der Waals surface area contributed by atoms with Gasteiger partial charge in [-0.05, 0) is 29.6 Å². The van der Waals surface area contributed by atoms with Crippen molar-refractivity contribution >= 4 is 15.9 Å². The van der Waals surface area contributed by atoms with E-state index in [1.54, 1.807) is 18.2 Å². The Hall–Kier alpha value is -1.57. The van der Waals surface area contributed by atoms with E-state index in [4.69, 9.17) is 0 Å². The van der Waals surface area contributed by atoms with Gasteiger partial charge in [-0.2, -0.15) is 23.0 Å². The van der Waals surface area contributed by atoms with Crippen LogP contribution in [0.5, 0.6) is 0 Å². The molecule has 4 atom stereocenters. The summed E-state index contributed by atoms with van der Waals surface area (Å²) in [6.45, 7) is 2.69. The highest BCUT2D eigenvalue weighted by molar-refractivity contribution is 9.09. The van der Waals surface area contributed by atoms with Gasteiger partial charge in [-0.15, -0.1) is 0 Å². The zero-order valence-corrected chi connectivity index (χ0v) is 14.6. The van der Waals surface area contributed by atoms with Gasteiger partial charge in [0.1, 0.15) is 12.6 Å². The van der Waals surface area contributed by atoms with Crippen LogP contribution in [0, 0.1) is 21.6 Å². The van der Waals surface area contributed by atoms with Gasteiger partial charge in [0.15, 0.2) is 0 Å². The number of alkyl halides is 4. The van der Waals surface area contributed by atoms with Crippen molar-refractivity contribution in [2.75, 3.05) is 6.54 Å². The summed E-state index contributed by atoms with van der Waals surface area (Å²) in [4.78, 5) is 21.5. The highest BCUT2D eigenvalue weighted by Crippen LogP contribution is 2.46. The fraction of sp³-hybridized carbons (Fsp3) is 0.500. The molecule has 0 amide bonds. The predicted octanol–water partition coefficient (Wildman–Crippen LogP) is 5.22. The van der Waals surface area contributed by atoms with E-state index in [1.165, 1.54) is 19.9 Å². The monoisotopic (exact) mass is 404 g/mol. The summed E-state index contributed by atoms with van der Waals surface area (Å²) < 4.78 is 40.3. The topological polar surface area (TPSA) is 58.9 Å². The van der Waals surface area contributed by atoms with Gasteiger partial charge in [-0.1, -0.05) is 63.1 Å². The van der Waals surface area contributed by atoms with Crippen molar-refractivity contribution in [3.63, 3.8) is 0 Å². The van der Waals surface area contributed by atoms with E-state index in [0.29, 0.717) is 16.7 Å². The Labute approximate surface area is 145 Å². The highest BCUT2D eigenvalue weighted by atomic mass is 79.9. The van der Waals surface area contributed by atoms with E-state index in [9.17, 15) is 23.0 Å². The largest absolute Gasteiger partial charge is 0.395 e. The van der Waals surface area contributed by atoms with Crippen LogP contribution in [-0.2, 0) is 0 Å². The quantitative estimate of drug-likeness (QED) is 0.476. The van der Waals surface area contributed by atoms with Crippen molar-refractivity contribution in [1.29, 1.82) is 0 Å². The third kappa shape index (κ3) is 3.43. The number of nitroso groups, excluding NO2 is 2. The highest BCUT2D eigenvalue weighted by Gasteiger charge is 2.47. The first-order chi connectivity index (χ1) is 11.2. The van der Waals surface area contributed by atoms with Crippen LogP contribution < -0.4 is 0 Å². The molecule has 0 spiro atoms. The Morgan fingerprint density at radius 3 is 2.46 bits per heavy atom. The van der Waals surface area contributed by atoms with E-state index in [2.05, 4.69) is 26.3 Å². The van der Waals surface area contributed by atoms with Crippen molar-refractivity contribution < 1.29 is 13.2 Å². The molecule has 24 heavy (non-hydrogen) atoms. The summed E-state index contributed by atoms with van der Waals surface area (Å²) in [5.74, 6) is -2.52. The summed E-state index contributed by atoms with van der Waals surface area (Å²) >= 11 is 3.30. The number of nitrogens with zero attached hydrogens (tertiary/aromatic N) is 2. The molecule has 0 aromatic carbocycles. The summed E-state index contributed by atoms with van der Waals surface area (Å²) in [6.07, 6.45) is 1.85. The van der Waals surface area contributed by atoms with Crippen LogP contribution in [0.3, 0.4) is 0 Å². The molecule has 0 heterocycles. The Morgan fingerprint density at radius 1 is 1.25 bits per heavy atom. The van der Waals surface area contributed by atoms with Crippen LogP contribution in [0.1, 0.15) is 13.8 Å². The van der Waals surface area contributed by atoms with Crippen molar-refractivity contribution in [3.8, 4) is 0 Å². The minimum atomic E-state index is -4.40. The molecule has 0 saturated carbocycles. The van der Waals surface area contributed by atoms with E-state index in [0.717, 1.165) is 0 Å². The molecule has 2 aliphatic carbocycles. The zero-order valence-electron chi connectivity index (χ0n) is 13.0. The third-order valence-corrected chi connectivity index (χ3v) is 5.25. The summed E-state index contributed by atoms with van der Waals surface area (Å²) in [6, 6.07) is -0.902. The van der Waals surface area contributed by atoms with Crippen LogP contribution in [0.15, 0.2) is 57.0 Å². The van der Waals surface area contributed by atoms with Crippen LogP contribution in [0.2, 0.25) is 0 Å². The van der Waals surface area contributed by atoms with Gasteiger partial charge < -0.3 is 0 Å². The number of hydrogen-bond acceptors (Lipinski definition) is 4. The second-order valence-corrected chi connectivity index (χ2v) is 6.98. The SMILES string of the molecule is CC1=CC=C(C2=C(CN=O)C=C[C@H](Br)C2N=O)C(C)[C@@H]1C(F)(F)F. The van der Waals surface area contributed by atoms with E-state index < -0.39 is 28.9 Å². The molecular formula is C16H16BrF3N2O2. The smallest absolute Gasteiger partial charge is 0.170 e. The molecule has 4 nitrogen and oxygen atoms in total. The van der Waals surface area contributed by atoms with Crippen LogP contribution in [0.25, 0.3) is 0 Å². The lowest BCUT2D eigenvalue weighted by Crippen LogP contribution is -2.35. The summed E-state index contributed by atoms with van der Waals surface area (Å²) in [5.41, 5.74) is 1.38.